The first-order valence-electron chi connectivity index (χ1n) is 7.37. The zero-order valence-corrected chi connectivity index (χ0v) is 12.9. The van der Waals surface area contributed by atoms with E-state index >= 15 is 0 Å². The summed E-state index contributed by atoms with van der Waals surface area (Å²) in [6.45, 7) is 0.0317. The molecule has 0 aliphatic rings. The molecule has 0 unspecified atom stereocenters. The van der Waals surface area contributed by atoms with Crippen molar-refractivity contribution in [1.82, 2.24) is 25.5 Å². The smallest absolute Gasteiger partial charge is 0.244 e. The molecule has 1 amide bonds. The minimum atomic E-state index is -1.01. The Hall–Kier alpha value is -3.42. The fourth-order valence-electron chi connectivity index (χ4n) is 2.09. The monoisotopic (exact) mass is 341 g/mol. The molecule has 0 saturated heterocycles. The van der Waals surface area contributed by atoms with Crippen LogP contribution in [0.3, 0.4) is 0 Å². The summed E-state index contributed by atoms with van der Waals surface area (Å²) in [7, 11) is 0. The SMILES string of the molecule is O=C(/C=C\c1ccccc1)NCc1nnnn1-c1ccc(F)c(F)c1. The maximum absolute atomic E-state index is 13.3. The van der Waals surface area contributed by atoms with Gasteiger partial charge in [-0.2, -0.15) is 4.68 Å². The van der Waals surface area contributed by atoms with Crippen molar-refractivity contribution in [1.29, 1.82) is 0 Å². The van der Waals surface area contributed by atoms with Crippen molar-refractivity contribution in [2.75, 3.05) is 0 Å². The Labute approximate surface area is 141 Å². The highest BCUT2D eigenvalue weighted by molar-refractivity contribution is 5.91. The maximum atomic E-state index is 13.3. The number of aromatic nitrogens is 4. The summed E-state index contributed by atoms with van der Waals surface area (Å²) in [5, 5.41) is 13.6. The van der Waals surface area contributed by atoms with E-state index in [0.717, 1.165) is 17.7 Å². The number of hydrogen-bond donors (Lipinski definition) is 1. The number of halogens is 2. The zero-order chi connectivity index (χ0) is 17.6. The summed E-state index contributed by atoms with van der Waals surface area (Å²) in [6, 6.07) is 12.7. The van der Waals surface area contributed by atoms with Gasteiger partial charge in [-0.25, -0.2) is 8.78 Å². The molecule has 126 valence electrons. The summed E-state index contributed by atoms with van der Waals surface area (Å²) < 4.78 is 27.6. The Kier molecular flexibility index (Phi) is 4.89. The number of carbonyl (C=O) groups excluding carboxylic acids is 1. The highest BCUT2D eigenvalue weighted by atomic mass is 19.2. The van der Waals surface area contributed by atoms with E-state index in [2.05, 4.69) is 20.8 Å². The van der Waals surface area contributed by atoms with Crippen LogP contribution >= 0.6 is 0 Å². The zero-order valence-electron chi connectivity index (χ0n) is 12.9. The van der Waals surface area contributed by atoms with E-state index in [-0.39, 0.29) is 24.0 Å². The van der Waals surface area contributed by atoms with Gasteiger partial charge in [0.1, 0.15) is 0 Å². The second-order valence-corrected chi connectivity index (χ2v) is 5.07. The molecule has 3 aromatic rings. The Morgan fingerprint density at radius 3 is 2.68 bits per heavy atom. The van der Waals surface area contributed by atoms with Crippen LogP contribution in [0.1, 0.15) is 11.4 Å². The van der Waals surface area contributed by atoms with Crippen LogP contribution < -0.4 is 5.32 Å². The number of hydrogen-bond acceptors (Lipinski definition) is 4. The van der Waals surface area contributed by atoms with Crippen molar-refractivity contribution >= 4 is 12.0 Å². The Bertz CT molecular complexity index is 908. The second kappa shape index (κ2) is 7.43. The molecule has 1 N–H and O–H groups in total. The van der Waals surface area contributed by atoms with Gasteiger partial charge in [0, 0.05) is 12.1 Å². The van der Waals surface area contributed by atoms with Crippen LogP contribution in [0.5, 0.6) is 0 Å². The summed E-state index contributed by atoms with van der Waals surface area (Å²) in [4.78, 5) is 11.9. The van der Waals surface area contributed by atoms with Crippen molar-refractivity contribution in [3.05, 3.63) is 77.6 Å². The fraction of sp³-hybridized carbons (Fsp3) is 0.0588. The molecule has 6 nitrogen and oxygen atoms in total. The largest absolute Gasteiger partial charge is 0.345 e. The number of carbonyl (C=O) groups is 1. The minimum Gasteiger partial charge on any atom is -0.345 e. The molecule has 0 fully saturated rings. The number of rotatable bonds is 5. The van der Waals surface area contributed by atoms with Crippen molar-refractivity contribution < 1.29 is 13.6 Å². The van der Waals surface area contributed by atoms with Crippen molar-refractivity contribution in [3.8, 4) is 5.69 Å². The van der Waals surface area contributed by atoms with E-state index in [1.807, 2.05) is 30.3 Å². The maximum Gasteiger partial charge on any atom is 0.244 e. The van der Waals surface area contributed by atoms with Crippen LogP contribution in [0.2, 0.25) is 0 Å². The number of nitrogens with zero attached hydrogens (tertiary/aromatic N) is 4. The number of amides is 1. The molecule has 25 heavy (non-hydrogen) atoms. The molecule has 0 saturated carbocycles. The average molecular weight is 341 g/mol. The standard InChI is InChI=1S/C17H13F2N5O/c18-14-8-7-13(10-15(14)19)24-16(21-22-23-24)11-20-17(25)9-6-12-4-2-1-3-5-12/h1-10H,11H2,(H,20,25)/b9-6-. The third kappa shape index (κ3) is 4.11. The van der Waals surface area contributed by atoms with Crippen LogP contribution in [-0.4, -0.2) is 26.1 Å². The Morgan fingerprint density at radius 1 is 1.12 bits per heavy atom. The molecule has 0 atom stereocenters. The van der Waals surface area contributed by atoms with Gasteiger partial charge in [-0.15, -0.1) is 5.10 Å². The van der Waals surface area contributed by atoms with Gasteiger partial charge in [-0.05, 0) is 34.2 Å². The van der Waals surface area contributed by atoms with Gasteiger partial charge in [0.25, 0.3) is 0 Å². The summed E-state index contributed by atoms with van der Waals surface area (Å²) in [5.74, 6) is -2.01. The third-order valence-electron chi connectivity index (χ3n) is 3.33. The van der Waals surface area contributed by atoms with E-state index in [1.54, 1.807) is 6.08 Å². The average Bonchev–Trinajstić information content (AvgIpc) is 3.10. The van der Waals surface area contributed by atoms with Gasteiger partial charge in [0.05, 0.1) is 12.2 Å². The van der Waals surface area contributed by atoms with E-state index < -0.39 is 11.6 Å². The van der Waals surface area contributed by atoms with Crippen LogP contribution in [0.25, 0.3) is 11.8 Å². The first kappa shape index (κ1) is 16.4. The molecular weight excluding hydrogens is 328 g/mol. The lowest BCUT2D eigenvalue weighted by molar-refractivity contribution is -0.116. The molecule has 2 aromatic carbocycles. The first-order valence-corrected chi connectivity index (χ1v) is 7.37. The molecule has 0 radical (unpaired) electrons. The van der Waals surface area contributed by atoms with E-state index in [4.69, 9.17) is 0 Å². The molecule has 0 aliphatic heterocycles. The predicted molar refractivity (Wildman–Crippen MR) is 86.4 cm³/mol. The molecule has 0 aliphatic carbocycles. The van der Waals surface area contributed by atoms with Gasteiger partial charge in [0.15, 0.2) is 17.5 Å². The van der Waals surface area contributed by atoms with Crippen LogP contribution in [0, 0.1) is 11.6 Å². The quantitative estimate of drug-likeness (QED) is 0.723. The van der Waals surface area contributed by atoms with Crippen LogP contribution in [0.15, 0.2) is 54.6 Å². The highest BCUT2D eigenvalue weighted by Crippen LogP contribution is 2.13. The van der Waals surface area contributed by atoms with Crippen LogP contribution in [0.4, 0.5) is 8.78 Å². The first-order chi connectivity index (χ1) is 12.1. The van der Waals surface area contributed by atoms with Crippen molar-refractivity contribution in [2.45, 2.75) is 6.54 Å². The highest BCUT2D eigenvalue weighted by Gasteiger charge is 2.11. The van der Waals surface area contributed by atoms with Gasteiger partial charge in [0.2, 0.25) is 5.91 Å². The molecular formula is C17H13F2N5O. The van der Waals surface area contributed by atoms with E-state index in [0.29, 0.717) is 0 Å². The molecule has 8 heteroatoms. The number of tetrazole rings is 1. The Balaban J connectivity index is 1.66. The van der Waals surface area contributed by atoms with Crippen LogP contribution in [-0.2, 0) is 11.3 Å². The van der Waals surface area contributed by atoms with Gasteiger partial charge >= 0.3 is 0 Å². The lowest BCUT2D eigenvalue weighted by Gasteiger charge is -2.05. The second-order valence-electron chi connectivity index (χ2n) is 5.07. The van der Waals surface area contributed by atoms with Gasteiger partial charge in [-0.1, -0.05) is 30.3 Å². The summed E-state index contributed by atoms with van der Waals surface area (Å²) in [6.07, 6.45) is 3.06. The van der Waals surface area contributed by atoms with E-state index in [1.165, 1.54) is 16.8 Å². The molecule has 0 bridgehead atoms. The molecule has 1 heterocycles. The van der Waals surface area contributed by atoms with E-state index in [9.17, 15) is 13.6 Å². The molecule has 3 rings (SSSR count). The number of benzene rings is 2. The fourth-order valence-corrected chi connectivity index (χ4v) is 2.09. The Morgan fingerprint density at radius 2 is 1.92 bits per heavy atom. The molecule has 1 aromatic heterocycles. The third-order valence-corrected chi connectivity index (χ3v) is 3.33. The summed E-state index contributed by atoms with van der Waals surface area (Å²) in [5.41, 5.74) is 1.15. The molecule has 0 spiro atoms. The predicted octanol–water partition coefficient (Wildman–Crippen LogP) is 2.27. The van der Waals surface area contributed by atoms with Crippen molar-refractivity contribution in [2.24, 2.45) is 0 Å². The van der Waals surface area contributed by atoms with Crippen molar-refractivity contribution in [3.63, 3.8) is 0 Å². The lowest BCUT2D eigenvalue weighted by Crippen LogP contribution is -2.22. The lowest BCUT2D eigenvalue weighted by atomic mass is 10.2. The topological polar surface area (TPSA) is 72.7 Å². The normalized spacial score (nSPS) is 11.0. The van der Waals surface area contributed by atoms with Gasteiger partial charge in [-0.3, -0.25) is 4.79 Å². The summed E-state index contributed by atoms with van der Waals surface area (Å²) >= 11 is 0. The van der Waals surface area contributed by atoms with Gasteiger partial charge < -0.3 is 5.32 Å². The number of nitrogens with one attached hydrogen (secondary N) is 1. The minimum absolute atomic E-state index is 0.0317.